The van der Waals surface area contributed by atoms with Gasteiger partial charge in [-0.2, -0.15) is 0 Å². The zero-order valence-electron chi connectivity index (χ0n) is 17.5. The van der Waals surface area contributed by atoms with Gasteiger partial charge in [0.25, 0.3) is 5.56 Å². The number of amides is 2. The summed E-state index contributed by atoms with van der Waals surface area (Å²) >= 11 is 0. The minimum Gasteiger partial charge on any atom is -0.494 e. The van der Waals surface area contributed by atoms with E-state index in [-0.39, 0.29) is 42.5 Å². The van der Waals surface area contributed by atoms with Gasteiger partial charge in [-0.05, 0) is 43.9 Å². The fraction of sp³-hybridized carbons (Fsp3) is 0.545. The Hall–Kier alpha value is -2.94. The van der Waals surface area contributed by atoms with Crippen LogP contribution in [0.4, 0.5) is 5.95 Å². The standard InChI is InChI=1S/C22H28N4O5/c27-11-10-25(15-5-1-2-6-15)20(29)7-3-4-12-31-16-8-9-18-17(13-16)21(30)26-14-19(28)24-22(26)23-18/h8-9,13,15,27H,1-7,10-12,14H2,(H,23,24,28). The van der Waals surface area contributed by atoms with Crippen molar-refractivity contribution in [2.24, 2.45) is 0 Å². The molecule has 2 aliphatic rings. The van der Waals surface area contributed by atoms with Crippen LogP contribution in [-0.4, -0.2) is 57.2 Å². The van der Waals surface area contributed by atoms with Gasteiger partial charge >= 0.3 is 0 Å². The van der Waals surface area contributed by atoms with E-state index in [9.17, 15) is 19.5 Å². The number of fused-ring (bicyclic) bond motifs is 2. The van der Waals surface area contributed by atoms with Crippen LogP contribution < -0.4 is 15.6 Å². The minimum absolute atomic E-state index is 0.00437. The summed E-state index contributed by atoms with van der Waals surface area (Å²) in [6, 6.07) is 5.37. The molecular weight excluding hydrogens is 400 g/mol. The average molecular weight is 428 g/mol. The number of hydrogen-bond acceptors (Lipinski definition) is 6. The van der Waals surface area contributed by atoms with Crippen molar-refractivity contribution in [3.63, 3.8) is 0 Å². The average Bonchev–Trinajstić information content (AvgIpc) is 3.41. The molecular formula is C22H28N4O5. The molecule has 0 bridgehead atoms. The maximum absolute atomic E-state index is 12.6. The van der Waals surface area contributed by atoms with E-state index in [0.717, 1.165) is 25.7 Å². The zero-order chi connectivity index (χ0) is 21.8. The van der Waals surface area contributed by atoms with Gasteiger partial charge in [-0.15, -0.1) is 0 Å². The summed E-state index contributed by atoms with van der Waals surface area (Å²) < 4.78 is 7.10. The number of aliphatic hydroxyl groups excluding tert-OH is 1. The van der Waals surface area contributed by atoms with Crippen molar-refractivity contribution in [1.29, 1.82) is 0 Å². The third-order valence-electron chi connectivity index (χ3n) is 5.96. The highest BCUT2D eigenvalue weighted by Gasteiger charge is 2.25. The molecule has 9 heteroatoms. The van der Waals surface area contributed by atoms with Crippen molar-refractivity contribution in [1.82, 2.24) is 14.5 Å². The summed E-state index contributed by atoms with van der Waals surface area (Å²) in [5.74, 6) is 0.677. The van der Waals surface area contributed by atoms with Gasteiger partial charge in [0, 0.05) is 19.0 Å². The van der Waals surface area contributed by atoms with Crippen molar-refractivity contribution in [3.8, 4) is 5.75 Å². The fourth-order valence-electron chi connectivity index (χ4n) is 4.39. The topological polar surface area (TPSA) is 114 Å². The number of anilines is 1. The van der Waals surface area contributed by atoms with Crippen LogP contribution >= 0.6 is 0 Å². The Morgan fingerprint density at radius 2 is 2.06 bits per heavy atom. The molecule has 2 aromatic rings. The molecule has 1 fully saturated rings. The quantitative estimate of drug-likeness (QED) is 0.587. The highest BCUT2D eigenvalue weighted by Crippen LogP contribution is 2.24. The molecule has 9 nitrogen and oxygen atoms in total. The molecule has 0 radical (unpaired) electrons. The number of ether oxygens (including phenoxy) is 1. The van der Waals surface area contributed by atoms with Gasteiger partial charge in [0.05, 0.1) is 24.1 Å². The molecule has 0 unspecified atom stereocenters. The van der Waals surface area contributed by atoms with Gasteiger partial charge < -0.3 is 14.7 Å². The third kappa shape index (κ3) is 4.71. The molecule has 1 aliphatic carbocycles. The molecule has 1 aromatic heterocycles. The number of hydrogen-bond donors (Lipinski definition) is 2. The first-order valence-electron chi connectivity index (χ1n) is 10.9. The normalized spacial score (nSPS) is 15.8. The summed E-state index contributed by atoms with van der Waals surface area (Å²) in [5, 5.41) is 12.3. The van der Waals surface area contributed by atoms with E-state index < -0.39 is 0 Å². The molecule has 166 valence electrons. The molecule has 0 spiro atoms. The van der Waals surface area contributed by atoms with Crippen LogP contribution in [0.3, 0.4) is 0 Å². The number of benzene rings is 1. The Bertz CT molecular complexity index is 1030. The maximum atomic E-state index is 12.6. The molecule has 1 aromatic carbocycles. The predicted molar refractivity (Wildman–Crippen MR) is 115 cm³/mol. The van der Waals surface area contributed by atoms with Crippen LogP contribution in [0, 0.1) is 0 Å². The summed E-state index contributed by atoms with van der Waals surface area (Å²) in [6.45, 7) is 0.813. The number of aliphatic hydroxyl groups is 1. The number of aromatic nitrogens is 2. The number of carbonyl (C=O) groups excluding carboxylic acids is 2. The van der Waals surface area contributed by atoms with Gasteiger partial charge in [0.15, 0.2) is 0 Å². The summed E-state index contributed by atoms with van der Waals surface area (Å²) in [7, 11) is 0. The lowest BCUT2D eigenvalue weighted by Gasteiger charge is -2.28. The molecule has 1 saturated carbocycles. The molecule has 2 N–H and O–H groups in total. The molecule has 2 amide bonds. The highest BCUT2D eigenvalue weighted by molar-refractivity contribution is 5.94. The SMILES string of the molecule is O=C1Cn2c(nc3ccc(OCCCCC(=O)N(CCO)C4CCCC4)cc3c2=O)N1. The first-order valence-corrected chi connectivity index (χ1v) is 10.9. The van der Waals surface area contributed by atoms with Gasteiger partial charge in [-0.25, -0.2) is 4.98 Å². The third-order valence-corrected chi connectivity index (χ3v) is 5.96. The Kier molecular flexibility index (Phi) is 6.50. The Balaban J connectivity index is 1.29. The number of unbranched alkanes of at least 4 members (excludes halogenated alkanes) is 1. The summed E-state index contributed by atoms with van der Waals surface area (Å²) in [6.07, 6.45) is 6.20. The second kappa shape index (κ2) is 9.47. The van der Waals surface area contributed by atoms with Crippen molar-refractivity contribution >= 4 is 28.7 Å². The van der Waals surface area contributed by atoms with E-state index in [0.29, 0.717) is 49.1 Å². The maximum Gasteiger partial charge on any atom is 0.263 e. The smallest absolute Gasteiger partial charge is 0.263 e. The van der Waals surface area contributed by atoms with Crippen molar-refractivity contribution in [2.45, 2.75) is 57.5 Å². The predicted octanol–water partition coefficient (Wildman–Crippen LogP) is 1.66. The number of nitrogens with zero attached hydrogens (tertiary/aromatic N) is 3. The van der Waals surface area contributed by atoms with E-state index in [4.69, 9.17) is 4.74 Å². The molecule has 0 saturated heterocycles. The van der Waals surface area contributed by atoms with Crippen LogP contribution in [0.25, 0.3) is 10.9 Å². The summed E-state index contributed by atoms with van der Waals surface area (Å²) in [5.41, 5.74) is 0.234. The Labute approximate surface area is 180 Å². The first-order chi connectivity index (χ1) is 15.1. The number of nitrogens with one attached hydrogen (secondary N) is 1. The zero-order valence-corrected chi connectivity index (χ0v) is 17.5. The molecule has 1 aliphatic heterocycles. The summed E-state index contributed by atoms with van der Waals surface area (Å²) in [4.78, 5) is 42.9. The molecule has 0 atom stereocenters. The van der Waals surface area contributed by atoms with Gasteiger partial charge in [-0.3, -0.25) is 24.3 Å². The number of rotatable bonds is 9. The van der Waals surface area contributed by atoms with Crippen LogP contribution in [0.1, 0.15) is 44.9 Å². The Morgan fingerprint density at radius 1 is 1.26 bits per heavy atom. The van der Waals surface area contributed by atoms with Crippen LogP contribution in [0.15, 0.2) is 23.0 Å². The van der Waals surface area contributed by atoms with E-state index in [1.54, 1.807) is 18.2 Å². The van der Waals surface area contributed by atoms with Gasteiger partial charge in [-0.1, -0.05) is 12.8 Å². The lowest BCUT2D eigenvalue weighted by molar-refractivity contribution is -0.134. The van der Waals surface area contributed by atoms with Crippen molar-refractivity contribution < 1.29 is 19.4 Å². The highest BCUT2D eigenvalue weighted by atomic mass is 16.5. The molecule has 31 heavy (non-hydrogen) atoms. The minimum atomic E-state index is -0.273. The first kappa shape index (κ1) is 21.3. The molecule has 2 heterocycles. The fourth-order valence-corrected chi connectivity index (χ4v) is 4.39. The second-order valence-electron chi connectivity index (χ2n) is 8.11. The van der Waals surface area contributed by atoms with Crippen LogP contribution in [0.5, 0.6) is 5.75 Å². The van der Waals surface area contributed by atoms with Gasteiger partial charge in [0.2, 0.25) is 17.8 Å². The monoisotopic (exact) mass is 428 g/mol. The van der Waals surface area contributed by atoms with Crippen molar-refractivity contribution in [2.75, 3.05) is 25.1 Å². The van der Waals surface area contributed by atoms with Crippen LogP contribution in [0.2, 0.25) is 0 Å². The van der Waals surface area contributed by atoms with Gasteiger partial charge in [0.1, 0.15) is 12.3 Å². The van der Waals surface area contributed by atoms with E-state index in [2.05, 4.69) is 10.3 Å². The van der Waals surface area contributed by atoms with Crippen molar-refractivity contribution in [3.05, 3.63) is 28.6 Å². The van der Waals surface area contributed by atoms with E-state index >= 15 is 0 Å². The Morgan fingerprint density at radius 3 is 2.84 bits per heavy atom. The molecule has 4 rings (SSSR count). The van der Waals surface area contributed by atoms with Crippen LogP contribution in [-0.2, 0) is 16.1 Å². The lowest BCUT2D eigenvalue weighted by atomic mass is 10.1. The van der Waals surface area contributed by atoms with E-state index in [1.807, 2.05) is 4.90 Å². The lowest BCUT2D eigenvalue weighted by Crippen LogP contribution is -2.40. The van der Waals surface area contributed by atoms with E-state index in [1.165, 1.54) is 4.57 Å². The second-order valence-corrected chi connectivity index (χ2v) is 8.11. The number of carbonyl (C=O) groups is 2. The largest absolute Gasteiger partial charge is 0.494 e.